The van der Waals surface area contributed by atoms with Crippen molar-refractivity contribution >= 4 is 22.3 Å². The minimum Gasteiger partial charge on any atom is -0.477 e. The van der Waals surface area contributed by atoms with E-state index in [-0.39, 0.29) is 0 Å². The molecule has 0 atom stereocenters. The van der Waals surface area contributed by atoms with Gasteiger partial charge in [-0.05, 0) is 25.0 Å². The zero-order valence-corrected chi connectivity index (χ0v) is 9.48. The molecule has 0 saturated heterocycles. The number of carbonyl (C=O) groups is 1. The SMILES string of the molecule is CCCNONc1cc(C)c(C(=O)O)s1. The number of anilines is 1. The Kier molecular flexibility index (Phi) is 4.54. The molecule has 0 aliphatic rings. The first-order chi connectivity index (χ1) is 7.15. The van der Waals surface area contributed by atoms with E-state index in [4.69, 9.17) is 10.0 Å². The minimum absolute atomic E-state index is 0.330. The molecule has 1 heterocycles. The molecule has 5 nitrogen and oxygen atoms in total. The van der Waals surface area contributed by atoms with Gasteiger partial charge < -0.3 is 5.11 Å². The number of hydrogen-bond donors (Lipinski definition) is 3. The van der Waals surface area contributed by atoms with Crippen molar-refractivity contribution in [3.05, 3.63) is 16.5 Å². The van der Waals surface area contributed by atoms with Crippen molar-refractivity contribution in [1.29, 1.82) is 0 Å². The summed E-state index contributed by atoms with van der Waals surface area (Å²) in [4.78, 5) is 16.0. The topological polar surface area (TPSA) is 70.6 Å². The normalized spacial score (nSPS) is 10.3. The maximum atomic E-state index is 10.7. The van der Waals surface area contributed by atoms with E-state index in [0.29, 0.717) is 9.88 Å². The number of aryl methyl sites for hydroxylation is 1. The fourth-order valence-electron chi connectivity index (χ4n) is 0.984. The average Bonchev–Trinajstić information content (AvgIpc) is 2.55. The summed E-state index contributed by atoms with van der Waals surface area (Å²) in [6.45, 7) is 4.52. The van der Waals surface area contributed by atoms with Crippen molar-refractivity contribution in [2.24, 2.45) is 0 Å². The number of hydrogen-bond acceptors (Lipinski definition) is 5. The Labute approximate surface area is 92.0 Å². The molecule has 0 aliphatic carbocycles. The van der Waals surface area contributed by atoms with Gasteiger partial charge in [0.15, 0.2) is 0 Å². The summed E-state index contributed by atoms with van der Waals surface area (Å²) < 4.78 is 0. The molecule has 0 bridgehead atoms. The minimum atomic E-state index is -0.910. The summed E-state index contributed by atoms with van der Waals surface area (Å²) in [5.74, 6) is -0.910. The molecule has 0 aliphatic heterocycles. The van der Waals surface area contributed by atoms with E-state index < -0.39 is 5.97 Å². The highest BCUT2D eigenvalue weighted by atomic mass is 32.1. The molecule has 84 valence electrons. The molecular weight excluding hydrogens is 216 g/mol. The Morgan fingerprint density at radius 2 is 2.40 bits per heavy atom. The molecular formula is C9H14N2O3S. The largest absolute Gasteiger partial charge is 0.477 e. The van der Waals surface area contributed by atoms with Crippen LogP contribution in [0.2, 0.25) is 0 Å². The Morgan fingerprint density at radius 1 is 1.67 bits per heavy atom. The first kappa shape index (κ1) is 12.0. The molecule has 15 heavy (non-hydrogen) atoms. The first-order valence-electron chi connectivity index (χ1n) is 4.63. The third-order valence-electron chi connectivity index (χ3n) is 1.69. The number of hydroxylamine groups is 1. The van der Waals surface area contributed by atoms with Crippen molar-refractivity contribution in [2.45, 2.75) is 20.3 Å². The van der Waals surface area contributed by atoms with Gasteiger partial charge >= 0.3 is 5.97 Å². The molecule has 1 rings (SSSR count). The molecule has 0 saturated carbocycles. The fourth-order valence-corrected chi connectivity index (χ4v) is 1.83. The predicted octanol–water partition coefficient (Wildman–Crippen LogP) is 2.01. The molecule has 0 spiro atoms. The number of carboxylic acid groups (broad SMARTS) is 1. The summed E-state index contributed by atoms with van der Waals surface area (Å²) in [6.07, 6.45) is 0.964. The van der Waals surface area contributed by atoms with Gasteiger partial charge in [0, 0.05) is 6.54 Å². The maximum Gasteiger partial charge on any atom is 0.346 e. The Bertz CT molecular complexity index is 338. The van der Waals surface area contributed by atoms with E-state index in [1.807, 2.05) is 6.92 Å². The van der Waals surface area contributed by atoms with Crippen LogP contribution in [0.3, 0.4) is 0 Å². The smallest absolute Gasteiger partial charge is 0.346 e. The summed E-state index contributed by atoms with van der Waals surface area (Å²) in [6, 6.07) is 1.74. The van der Waals surface area contributed by atoms with Gasteiger partial charge in [0.2, 0.25) is 0 Å². The van der Waals surface area contributed by atoms with Crippen molar-refractivity contribution in [3.63, 3.8) is 0 Å². The zero-order valence-electron chi connectivity index (χ0n) is 8.66. The van der Waals surface area contributed by atoms with Crippen LogP contribution in [0.5, 0.6) is 0 Å². The molecule has 1 aromatic rings. The van der Waals surface area contributed by atoms with Gasteiger partial charge in [-0.25, -0.2) is 10.3 Å². The van der Waals surface area contributed by atoms with Crippen LogP contribution in [0.15, 0.2) is 6.07 Å². The second kappa shape index (κ2) is 5.69. The van der Waals surface area contributed by atoms with Crippen molar-refractivity contribution in [2.75, 3.05) is 12.0 Å². The third kappa shape index (κ3) is 3.50. The molecule has 0 unspecified atom stereocenters. The fraction of sp³-hybridized carbons (Fsp3) is 0.444. The van der Waals surface area contributed by atoms with E-state index >= 15 is 0 Å². The van der Waals surface area contributed by atoms with Crippen LogP contribution in [0.4, 0.5) is 5.00 Å². The summed E-state index contributed by atoms with van der Waals surface area (Å²) in [5, 5.41) is 9.49. The van der Waals surface area contributed by atoms with E-state index in [1.165, 1.54) is 0 Å². The molecule has 3 N–H and O–H groups in total. The molecule has 0 amide bonds. The summed E-state index contributed by atoms with van der Waals surface area (Å²) in [7, 11) is 0. The number of aromatic carboxylic acids is 1. The van der Waals surface area contributed by atoms with Gasteiger partial charge in [-0.15, -0.1) is 11.3 Å². The predicted molar refractivity (Wildman–Crippen MR) is 59.0 cm³/mol. The van der Waals surface area contributed by atoms with Crippen LogP contribution in [-0.2, 0) is 4.94 Å². The quantitative estimate of drug-likeness (QED) is 0.515. The van der Waals surface area contributed by atoms with Gasteiger partial charge in [-0.1, -0.05) is 6.92 Å². The van der Waals surface area contributed by atoms with Gasteiger partial charge in [-0.2, -0.15) is 10.4 Å². The highest BCUT2D eigenvalue weighted by Gasteiger charge is 2.11. The van der Waals surface area contributed by atoms with Gasteiger partial charge in [0.25, 0.3) is 0 Å². The molecule has 1 aromatic heterocycles. The number of carboxylic acids is 1. The van der Waals surface area contributed by atoms with Crippen LogP contribution in [-0.4, -0.2) is 17.6 Å². The third-order valence-corrected chi connectivity index (χ3v) is 2.81. The Morgan fingerprint density at radius 3 is 2.93 bits per heavy atom. The summed E-state index contributed by atoms with van der Waals surface area (Å²) >= 11 is 1.15. The van der Waals surface area contributed by atoms with Crippen molar-refractivity contribution in [3.8, 4) is 0 Å². The lowest BCUT2D eigenvalue weighted by atomic mass is 10.3. The number of rotatable bonds is 6. The van der Waals surface area contributed by atoms with E-state index in [1.54, 1.807) is 13.0 Å². The second-order valence-electron chi connectivity index (χ2n) is 3.03. The standard InChI is InChI=1S/C9H14N2O3S/c1-3-4-10-14-11-7-5-6(2)8(15-7)9(12)13/h5,10-11H,3-4H2,1-2H3,(H,12,13). The van der Waals surface area contributed by atoms with E-state index in [9.17, 15) is 4.79 Å². The van der Waals surface area contributed by atoms with Crippen LogP contribution in [0, 0.1) is 6.92 Å². The monoisotopic (exact) mass is 230 g/mol. The highest BCUT2D eigenvalue weighted by Crippen LogP contribution is 2.26. The van der Waals surface area contributed by atoms with Crippen LogP contribution in [0.1, 0.15) is 28.6 Å². The first-order valence-corrected chi connectivity index (χ1v) is 5.45. The van der Waals surface area contributed by atoms with E-state index in [0.717, 1.165) is 29.9 Å². The number of thiophene rings is 1. The Hall–Kier alpha value is -1.11. The highest BCUT2D eigenvalue weighted by molar-refractivity contribution is 7.18. The van der Waals surface area contributed by atoms with Crippen molar-refractivity contribution in [1.82, 2.24) is 5.48 Å². The summed E-state index contributed by atoms with van der Waals surface area (Å²) in [5.41, 5.74) is 6.06. The lowest BCUT2D eigenvalue weighted by molar-refractivity contribution is 0.0701. The van der Waals surface area contributed by atoms with Gasteiger partial charge in [-0.3, -0.25) is 0 Å². The van der Waals surface area contributed by atoms with Gasteiger partial charge in [0.05, 0.1) is 0 Å². The lowest BCUT2D eigenvalue weighted by Gasteiger charge is -2.03. The Balaban J connectivity index is 2.48. The molecule has 0 radical (unpaired) electrons. The number of nitrogens with one attached hydrogen (secondary N) is 2. The average molecular weight is 230 g/mol. The molecule has 6 heteroatoms. The lowest BCUT2D eigenvalue weighted by Crippen LogP contribution is -2.18. The molecule has 0 fully saturated rings. The van der Waals surface area contributed by atoms with Crippen molar-refractivity contribution < 1.29 is 14.8 Å². The molecule has 0 aromatic carbocycles. The van der Waals surface area contributed by atoms with Crippen LogP contribution < -0.4 is 11.0 Å². The second-order valence-corrected chi connectivity index (χ2v) is 4.08. The van der Waals surface area contributed by atoms with Crippen LogP contribution >= 0.6 is 11.3 Å². The van der Waals surface area contributed by atoms with Crippen LogP contribution in [0.25, 0.3) is 0 Å². The van der Waals surface area contributed by atoms with E-state index in [2.05, 4.69) is 11.0 Å². The zero-order chi connectivity index (χ0) is 11.3. The maximum absolute atomic E-state index is 10.7. The van der Waals surface area contributed by atoms with Gasteiger partial charge in [0.1, 0.15) is 9.88 Å².